The van der Waals surface area contributed by atoms with Crippen LogP contribution in [0.2, 0.25) is 0 Å². The fourth-order valence-electron chi connectivity index (χ4n) is 0.376. The van der Waals surface area contributed by atoms with E-state index in [0.717, 1.165) is 12.8 Å². The standard InChI is InChI=1S/C5H10N2.3CH5N/c1-2-3-5(7)4-6;3*1-2/h5H,2-3,7H2,1H3;3*2H2,1H3. The molecule has 0 aromatic carbocycles. The molecule has 0 aromatic heterocycles. The lowest BCUT2D eigenvalue weighted by molar-refractivity contribution is 0.713. The van der Waals surface area contributed by atoms with Crippen LogP contribution in [0.25, 0.3) is 0 Å². The van der Waals surface area contributed by atoms with Crippen molar-refractivity contribution < 1.29 is 0 Å². The van der Waals surface area contributed by atoms with Gasteiger partial charge in [-0.05, 0) is 27.6 Å². The minimum absolute atomic E-state index is 0.245. The van der Waals surface area contributed by atoms with Gasteiger partial charge in [-0.25, -0.2) is 0 Å². The quantitative estimate of drug-likeness (QED) is 0.461. The van der Waals surface area contributed by atoms with Crippen LogP contribution < -0.4 is 22.9 Å². The van der Waals surface area contributed by atoms with Crippen molar-refractivity contribution >= 4 is 0 Å². The number of nitrogens with zero attached hydrogens (tertiary/aromatic N) is 1. The van der Waals surface area contributed by atoms with Crippen molar-refractivity contribution in [3.05, 3.63) is 0 Å². The third kappa shape index (κ3) is 52.6. The average molecular weight is 191 g/mol. The number of hydrogen-bond acceptors (Lipinski definition) is 5. The highest BCUT2D eigenvalue weighted by Gasteiger charge is 1.92. The van der Waals surface area contributed by atoms with Crippen molar-refractivity contribution in [2.75, 3.05) is 21.1 Å². The molecular formula is C8H25N5. The van der Waals surface area contributed by atoms with Crippen LogP contribution >= 0.6 is 0 Å². The summed E-state index contributed by atoms with van der Waals surface area (Å²) in [6.07, 6.45) is 1.81. The maximum absolute atomic E-state index is 8.09. The van der Waals surface area contributed by atoms with Crippen molar-refractivity contribution in [2.24, 2.45) is 22.9 Å². The Kier molecular flexibility index (Phi) is 74.7. The Bertz CT molecular complexity index is 79.1. The van der Waals surface area contributed by atoms with E-state index in [-0.39, 0.29) is 6.04 Å². The first-order valence-corrected chi connectivity index (χ1v) is 4.19. The van der Waals surface area contributed by atoms with Crippen LogP contribution in [0.5, 0.6) is 0 Å². The molecule has 5 heteroatoms. The average Bonchev–Trinajstić information content (AvgIpc) is 2.27. The summed E-state index contributed by atoms with van der Waals surface area (Å²) in [6.45, 7) is 2.01. The number of nitriles is 1. The molecule has 0 aliphatic carbocycles. The van der Waals surface area contributed by atoms with Crippen molar-refractivity contribution in [3.8, 4) is 6.07 Å². The van der Waals surface area contributed by atoms with Crippen LogP contribution in [0, 0.1) is 11.3 Å². The summed E-state index contributed by atoms with van der Waals surface area (Å²) in [5.74, 6) is 0. The molecule has 0 amide bonds. The summed E-state index contributed by atoms with van der Waals surface area (Å²) in [5.41, 5.74) is 18.7. The number of hydrogen-bond donors (Lipinski definition) is 4. The normalized spacial score (nSPS) is 8.23. The largest absolute Gasteiger partial charge is 0.333 e. The van der Waals surface area contributed by atoms with Gasteiger partial charge >= 0.3 is 0 Å². The molecule has 0 radical (unpaired) electrons. The molecule has 13 heavy (non-hydrogen) atoms. The molecule has 0 aliphatic heterocycles. The second kappa shape index (κ2) is 42.6. The monoisotopic (exact) mass is 191 g/mol. The van der Waals surface area contributed by atoms with Gasteiger partial charge in [-0.3, -0.25) is 0 Å². The van der Waals surface area contributed by atoms with Crippen LogP contribution in [-0.2, 0) is 0 Å². The summed E-state index contributed by atoms with van der Waals surface area (Å²) in [7, 11) is 4.50. The Balaban J connectivity index is -0.0000000573. The van der Waals surface area contributed by atoms with E-state index in [1.165, 1.54) is 21.1 Å². The van der Waals surface area contributed by atoms with Gasteiger partial charge in [-0.1, -0.05) is 13.3 Å². The summed E-state index contributed by atoms with van der Waals surface area (Å²) in [4.78, 5) is 0. The SMILES string of the molecule is CCCC(N)C#N.CN.CN.CN. The highest BCUT2D eigenvalue weighted by atomic mass is 14.6. The molecule has 1 unspecified atom stereocenters. The van der Waals surface area contributed by atoms with Crippen molar-refractivity contribution in [1.82, 2.24) is 0 Å². The smallest absolute Gasteiger partial charge is 0.0927 e. The molecule has 0 saturated carbocycles. The van der Waals surface area contributed by atoms with Crippen molar-refractivity contribution in [2.45, 2.75) is 25.8 Å². The van der Waals surface area contributed by atoms with E-state index in [1.807, 2.05) is 13.0 Å². The van der Waals surface area contributed by atoms with E-state index in [0.29, 0.717) is 0 Å². The second-order valence-electron chi connectivity index (χ2n) is 1.52. The molecule has 0 saturated heterocycles. The summed E-state index contributed by atoms with van der Waals surface area (Å²) in [6, 6.07) is 1.70. The van der Waals surface area contributed by atoms with Gasteiger partial charge in [0.25, 0.3) is 0 Å². The van der Waals surface area contributed by atoms with Crippen LogP contribution in [0.3, 0.4) is 0 Å². The Labute approximate surface area is 82.1 Å². The van der Waals surface area contributed by atoms with E-state index >= 15 is 0 Å². The Hall–Kier alpha value is -0.670. The lowest BCUT2D eigenvalue weighted by Gasteiger charge is -1.93. The van der Waals surface area contributed by atoms with E-state index in [9.17, 15) is 0 Å². The molecule has 8 N–H and O–H groups in total. The highest BCUT2D eigenvalue weighted by Crippen LogP contribution is 1.88. The predicted molar refractivity (Wildman–Crippen MR) is 58.8 cm³/mol. The van der Waals surface area contributed by atoms with Crippen LogP contribution in [-0.4, -0.2) is 27.2 Å². The number of rotatable bonds is 2. The first-order chi connectivity index (χ1) is 6.31. The van der Waals surface area contributed by atoms with Gasteiger partial charge in [-0.15, -0.1) is 0 Å². The minimum Gasteiger partial charge on any atom is -0.333 e. The van der Waals surface area contributed by atoms with Gasteiger partial charge in [0.1, 0.15) is 0 Å². The molecule has 0 heterocycles. The first-order valence-electron chi connectivity index (χ1n) is 4.19. The maximum Gasteiger partial charge on any atom is 0.0927 e. The van der Waals surface area contributed by atoms with E-state index in [1.54, 1.807) is 0 Å². The van der Waals surface area contributed by atoms with Crippen LogP contribution in [0.4, 0.5) is 0 Å². The first kappa shape index (κ1) is 22.8. The number of nitrogens with two attached hydrogens (primary N) is 4. The second-order valence-corrected chi connectivity index (χ2v) is 1.52. The van der Waals surface area contributed by atoms with E-state index in [2.05, 4.69) is 17.2 Å². The van der Waals surface area contributed by atoms with Crippen LogP contribution in [0.1, 0.15) is 19.8 Å². The molecule has 0 aliphatic rings. The van der Waals surface area contributed by atoms with Gasteiger partial charge in [0.2, 0.25) is 0 Å². The fraction of sp³-hybridized carbons (Fsp3) is 0.875. The van der Waals surface area contributed by atoms with E-state index < -0.39 is 0 Å². The molecule has 0 rings (SSSR count). The molecule has 1 atom stereocenters. The molecule has 0 fully saturated rings. The molecule has 0 spiro atoms. The molecule has 82 valence electrons. The van der Waals surface area contributed by atoms with Crippen molar-refractivity contribution in [1.29, 1.82) is 5.26 Å². The molecule has 0 aromatic rings. The third-order valence-corrected chi connectivity index (χ3v) is 0.766. The lowest BCUT2D eigenvalue weighted by Crippen LogP contribution is -2.15. The highest BCUT2D eigenvalue weighted by molar-refractivity contribution is 4.85. The van der Waals surface area contributed by atoms with Gasteiger partial charge in [0, 0.05) is 0 Å². The van der Waals surface area contributed by atoms with E-state index in [4.69, 9.17) is 11.0 Å². The zero-order valence-electron chi connectivity index (χ0n) is 9.25. The molecule has 0 bridgehead atoms. The lowest BCUT2D eigenvalue weighted by atomic mass is 10.2. The topological polar surface area (TPSA) is 128 Å². The van der Waals surface area contributed by atoms with Crippen molar-refractivity contribution in [3.63, 3.8) is 0 Å². The minimum atomic E-state index is -0.245. The summed E-state index contributed by atoms with van der Waals surface area (Å²) in [5, 5.41) is 8.09. The Morgan fingerprint density at radius 1 is 1.08 bits per heavy atom. The zero-order valence-corrected chi connectivity index (χ0v) is 9.25. The van der Waals surface area contributed by atoms with Crippen LogP contribution in [0.15, 0.2) is 0 Å². The predicted octanol–water partition coefficient (Wildman–Crippen LogP) is -0.638. The van der Waals surface area contributed by atoms with Gasteiger partial charge in [0.05, 0.1) is 12.1 Å². The van der Waals surface area contributed by atoms with Gasteiger partial charge < -0.3 is 22.9 Å². The van der Waals surface area contributed by atoms with Gasteiger partial charge in [-0.2, -0.15) is 5.26 Å². The molecule has 5 nitrogen and oxygen atoms in total. The van der Waals surface area contributed by atoms with Gasteiger partial charge in [0.15, 0.2) is 0 Å². The third-order valence-electron chi connectivity index (χ3n) is 0.766. The Morgan fingerprint density at radius 2 is 1.38 bits per heavy atom. The summed E-state index contributed by atoms with van der Waals surface area (Å²) < 4.78 is 0. The fourth-order valence-corrected chi connectivity index (χ4v) is 0.376. The maximum atomic E-state index is 8.09. The zero-order chi connectivity index (χ0) is 11.7. The Morgan fingerprint density at radius 3 is 1.46 bits per heavy atom. The summed E-state index contributed by atoms with van der Waals surface area (Å²) >= 11 is 0. The molecular weight excluding hydrogens is 166 g/mol.